The second kappa shape index (κ2) is 5.72. The van der Waals surface area contributed by atoms with E-state index in [9.17, 15) is 0 Å². The third-order valence-corrected chi connectivity index (χ3v) is 3.45. The van der Waals surface area contributed by atoms with Crippen molar-refractivity contribution in [3.05, 3.63) is 0 Å². The summed E-state index contributed by atoms with van der Waals surface area (Å²) in [6.07, 6.45) is 5.37. The minimum atomic E-state index is 0.249. The van der Waals surface area contributed by atoms with Crippen LogP contribution in [0, 0.1) is 11.8 Å². The lowest BCUT2D eigenvalue weighted by molar-refractivity contribution is 0.168. The van der Waals surface area contributed by atoms with Crippen LogP contribution in [0.3, 0.4) is 0 Å². The predicted molar refractivity (Wildman–Crippen MR) is 60.3 cm³/mol. The van der Waals surface area contributed by atoms with Crippen LogP contribution in [0.4, 0.5) is 0 Å². The number of aliphatic hydroxyl groups is 1. The van der Waals surface area contributed by atoms with Gasteiger partial charge in [0.05, 0.1) is 6.61 Å². The van der Waals surface area contributed by atoms with Gasteiger partial charge in [0, 0.05) is 12.1 Å². The lowest BCUT2D eigenvalue weighted by Gasteiger charge is -2.36. The molecule has 84 valence electrons. The van der Waals surface area contributed by atoms with Gasteiger partial charge in [-0.2, -0.15) is 0 Å². The molecule has 0 aromatic rings. The minimum Gasteiger partial charge on any atom is -0.395 e. The van der Waals surface area contributed by atoms with Crippen molar-refractivity contribution in [1.82, 2.24) is 5.32 Å². The maximum atomic E-state index is 9.03. The van der Waals surface area contributed by atoms with Gasteiger partial charge in [0.25, 0.3) is 0 Å². The van der Waals surface area contributed by atoms with Crippen LogP contribution in [0.5, 0.6) is 0 Å². The molecule has 1 aliphatic rings. The van der Waals surface area contributed by atoms with Gasteiger partial charge in [-0.15, -0.1) is 0 Å². The molecule has 2 heteroatoms. The van der Waals surface area contributed by atoms with Crippen LogP contribution in [0.15, 0.2) is 0 Å². The van der Waals surface area contributed by atoms with Crippen LogP contribution in [0.2, 0.25) is 0 Å². The van der Waals surface area contributed by atoms with Gasteiger partial charge < -0.3 is 10.4 Å². The van der Waals surface area contributed by atoms with E-state index >= 15 is 0 Å². The molecule has 0 aromatic carbocycles. The fourth-order valence-electron chi connectivity index (χ4n) is 2.58. The Morgan fingerprint density at radius 1 is 1.21 bits per heavy atom. The van der Waals surface area contributed by atoms with E-state index in [1.54, 1.807) is 0 Å². The van der Waals surface area contributed by atoms with Crippen molar-refractivity contribution in [2.75, 3.05) is 6.61 Å². The SMILES string of the molecule is CC(C)C1CCCCC1N[C@@H](C)CO. The first-order valence-corrected chi connectivity index (χ1v) is 6.02. The normalized spacial score (nSPS) is 30.6. The highest BCUT2D eigenvalue weighted by molar-refractivity contribution is 4.84. The summed E-state index contributed by atoms with van der Waals surface area (Å²) < 4.78 is 0. The summed E-state index contributed by atoms with van der Waals surface area (Å²) in [4.78, 5) is 0. The molecule has 1 rings (SSSR count). The van der Waals surface area contributed by atoms with Crippen molar-refractivity contribution in [2.24, 2.45) is 11.8 Å². The molecule has 1 fully saturated rings. The standard InChI is InChI=1S/C12H25NO/c1-9(2)11-6-4-5-7-12(11)13-10(3)8-14/h9-14H,4-8H2,1-3H3/t10-,11?,12?/m0/s1. The Morgan fingerprint density at radius 2 is 1.86 bits per heavy atom. The Kier molecular flexibility index (Phi) is 4.90. The van der Waals surface area contributed by atoms with E-state index in [0.717, 1.165) is 11.8 Å². The number of hydrogen-bond donors (Lipinski definition) is 2. The van der Waals surface area contributed by atoms with Crippen LogP contribution in [-0.4, -0.2) is 23.8 Å². The molecular formula is C12H25NO. The second-order valence-electron chi connectivity index (χ2n) is 5.05. The Balaban J connectivity index is 2.45. The fourth-order valence-corrected chi connectivity index (χ4v) is 2.58. The van der Waals surface area contributed by atoms with Crippen LogP contribution < -0.4 is 5.32 Å². The summed E-state index contributed by atoms with van der Waals surface area (Å²) in [5.74, 6) is 1.57. The van der Waals surface area contributed by atoms with E-state index in [2.05, 4.69) is 26.1 Å². The monoisotopic (exact) mass is 199 g/mol. The van der Waals surface area contributed by atoms with E-state index in [1.807, 2.05) is 0 Å². The third-order valence-electron chi connectivity index (χ3n) is 3.45. The topological polar surface area (TPSA) is 32.3 Å². The fraction of sp³-hybridized carbons (Fsp3) is 1.00. The molecule has 0 aromatic heterocycles. The molecule has 2 nitrogen and oxygen atoms in total. The highest BCUT2D eigenvalue weighted by Crippen LogP contribution is 2.30. The van der Waals surface area contributed by atoms with E-state index in [0.29, 0.717) is 6.04 Å². The summed E-state index contributed by atoms with van der Waals surface area (Å²) in [7, 11) is 0. The Morgan fingerprint density at radius 3 is 2.43 bits per heavy atom. The number of aliphatic hydroxyl groups excluding tert-OH is 1. The predicted octanol–water partition coefficient (Wildman–Crippen LogP) is 2.17. The molecule has 0 radical (unpaired) electrons. The lowest BCUT2D eigenvalue weighted by atomic mass is 9.77. The first-order chi connectivity index (χ1) is 6.65. The van der Waals surface area contributed by atoms with Crippen molar-refractivity contribution < 1.29 is 5.11 Å². The molecule has 2 N–H and O–H groups in total. The smallest absolute Gasteiger partial charge is 0.0582 e. The zero-order valence-corrected chi connectivity index (χ0v) is 9.79. The van der Waals surface area contributed by atoms with E-state index < -0.39 is 0 Å². The van der Waals surface area contributed by atoms with Gasteiger partial charge >= 0.3 is 0 Å². The third kappa shape index (κ3) is 3.25. The van der Waals surface area contributed by atoms with E-state index in [-0.39, 0.29) is 12.6 Å². The number of rotatable bonds is 4. The average molecular weight is 199 g/mol. The van der Waals surface area contributed by atoms with Crippen LogP contribution >= 0.6 is 0 Å². The Hall–Kier alpha value is -0.0800. The Bertz CT molecular complexity index is 158. The van der Waals surface area contributed by atoms with E-state index in [4.69, 9.17) is 5.11 Å². The quantitative estimate of drug-likeness (QED) is 0.727. The van der Waals surface area contributed by atoms with Gasteiger partial charge in [0.1, 0.15) is 0 Å². The molecule has 2 unspecified atom stereocenters. The lowest BCUT2D eigenvalue weighted by Crippen LogP contribution is -2.46. The molecule has 3 atom stereocenters. The number of hydrogen-bond acceptors (Lipinski definition) is 2. The van der Waals surface area contributed by atoms with Gasteiger partial charge in [-0.05, 0) is 31.6 Å². The molecule has 0 heterocycles. The van der Waals surface area contributed by atoms with Crippen molar-refractivity contribution >= 4 is 0 Å². The molecular weight excluding hydrogens is 174 g/mol. The molecule has 1 aliphatic carbocycles. The average Bonchev–Trinajstić information content (AvgIpc) is 2.18. The van der Waals surface area contributed by atoms with Crippen molar-refractivity contribution in [1.29, 1.82) is 0 Å². The van der Waals surface area contributed by atoms with Crippen molar-refractivity contribution in [3.8, 4) is 0 Å². The summed E-state index contributed by atoms with van der Waals surface area (Å²) >= 11 is 0. The van der Waals surface area contributed by atoms with Crippen molar-refractivity contribution in [2.45, 2.75) is 58.5 Å². The summed E-state index contributed by atoms with van der Waals surface area (Å²) in [6.45, 7) is 6.94. The summed E-state index contributed by atoms with van der Waals surface area (Å²) in [6, 6.07) is 0.880. The molecule has 0 amide bonds. The highest BCUT2D eigenvalue weighted by Gasteiger charge is 2.27. The highest BCUT2D eigenvalue weighted by atomic mass is 16.3. The molecule has 0 saturated heterocycles. The maximum Gasteiger partial charge on any atom is 0.0582 e. The van der Waals surface area contributed by atoms with Gasteiger partial charge in [0.15, 0.2) is 0 Å². The second-order valence-corrected chi connectivity index (χ2v) is 5.05. The first-order valence-electron chi connectivity index (χ1n) is 6.02. The minimum absolute atomic E-state index is 0.249. The first kappa shape index (κ1) is 12.0. The summed E-state index contributed by atoms with van der Waals surface area (Å²) in [5, 5.41) is 12.6. The van der Waals surface area contributed by atoms with Crippen molar-refractivity contribution in [3.63, 3.8) is 0 Å². The Labute approximate surface area is 88.1 Å². The zero-order valence-electron chi connectivity index (χ0n) is 9.79. The zero-order chi connectivity index (χ0) is 10.6. The van der Waals surface area contributed by atoms with Gasteiger partial charge in [0.2, 0.25) is 0 Å². The van der Waals surface area contributed by atoms with Crippen LogP contribution in [0.25, 0.3) is 0 Å². The number of nitrogens with one attached hydrogen (secondary N) is 1. The summed E-state index contributed by atoms with van der Waals surface area (Å²) in [5.41, 5.74) is 0. The molecule has 0 bridgehead atoms. The molecule has 0 aliphatic heterocycles. The van der Waals surface area contributed by atoms with Gasteiger partial charge in [-0.1, -0.05) is 26.7 Å². The molecule has 1 saturated carbocycles. The van der Waals surface area contributed by atoms with Gasteiger partial charge in [-0.25, -0.2) is 0 Å². The molecule has 14 heavy (non-hydrogen) atoms. The van der Waals surface area contributed by atoms with Gasteiger partial charge in [-0.3, -0.25) is 0 Å². The van der Waals surface area contributed by atoms with E-state index in [1.165, 1.54) is 25.7 Å². The maximum absolute atomic E-state index is 9.03. The van der Waals surface area contributed by atoms with Crippen LogP contribution in [-0.2, 0) is 0 Å². The molecule has 0 spiro atoms. The largest absolute Gasteiger partial charge is 0.395 e. The van der Waals surface area contributed by atoms with Crippen LogP contribution in [0.1, 0.15) is 46.5 Å².